The summed E-state index contributed by atoms with van der Waals surface area (Å²) in [6.45, 7) is 7.95. The molecule has 1 aromatic rings. The van der Waals surface area contributed by atoms with Crippen LogP contribution in [-0.2, 0) is 4.74 Å². The number of hydrogen-bond acceptors (Lipinski definition) is 3. The number of pyridine rings is 1. The minimum Gasteiger partial charge on any atom is -0.378 e. The van der Waals surface area contributed by atoms with Crippen LogP contribution in [0.3, 0.4) is 0 Å². The zero-order valence-corrected chi connectivity index (χ0v) is 9.44. The van der Waals surface area contributed by atoms with Crippen molar-refractivity contribution < 1.29 is 4.74 Å². The lowest BCUT2D eigenvalue weighted by Crippen LogP contribution is -2.36. The first-order valence-corrected chi connectivity index (χ1v) is 5.56. The normalized spacial score (nSPS) is 17.1. The molecule has 0 unspecified atom stereocenters. The Labute approximate surface area is 91.1 Å². The number of hydrogen-bond donors (Lipinski definition) is 0. The van der Waals surface area contributed by atoms with Gasteiger partial charge < -0.3 is 9.64 Å². The molecule has 1 saturated heterocycles. The van der Waals surface area contributed by atoms with E-state index in [4.69, 9.17) is 4.74 Å². The number of morpholine rings is 1. The fourth-order valence-corrected chi connectivity index (χ4v) is 1.76. The first kappa shape index (κ1) is 10.4. The van der Waals surface area contributed by atoms with Crippen molar-refractivity contribution in [1.29, 1.82) is 0 Å². The summed E-state index contributed by atoms with van der Waals surface area (Å²) in [6, 6.07) is 4.28. The van der Waals surface area contributed by atoms with Gasteiger partial charge in [0.15, 0.2) is 0 Å². The lowest BCUT2D eigenvalue weighted by Gasteiger charge is -2.28. The first-order valence-electron chi connectivity index (χ1n) is 5.56. The second-order valence-electron chi connectivity index (χ2n) is 4.20. The molecule has 0 aromatic carbocycles. The SMILES string of the molecule is CC(C)c1ccnc(N2CCOCC2)c1. The Morgan fingerprint density at radius 1 is 1.33 bits per heavy atom. The van der Waals surface area contributed by atoms with Crippen molar-refractivity contribution in [2.24, 2.45) is 0 Å². The second kappa shape index (κ2) is 4.62. The standard InChI is InChI=1S/C12H18N2O/c1-10(2)11-3-4-13-12(9-11)14-5-7-15-8-6-14/h3-4,9-10H,5-8H2,1-2H3. The van der Waals surface area contributed by atoms with Gasteiger partial charge in [-0.1, -0.05) is 13.8 Å². The van der Waals surface area contributed by atoms with E-state index >= 15 is 0 Å². The quantitative estimate of drug-likeness (QED) is 0.740. The molecule has 1 aliphatic rings. The largest absolute Gasteiger partial charge is 0.378 e. The molecule has 15 heavy (non-hydrogen) atoms. The maximum absolute atomic E-state index is 5.33. The number of anilines is 1. The molecule has 2 heterocycles. The van der Waals surface area contributed by atoms with Crippen molar-refractivity contribution in [3.8, 4) is 0 Å². The summed E-state index contributed by atoms with van der Waals surface area (Å²) in [5.41, 5.74) is 1.35. The van der Waals surface area contributed by atoms with Gasteiger partial charge in [0.2, 0.25) is 0 Å². The minimum absolute atomic E-state index is 0.563. The molecule has 0 atom stereocenters. The van der Waals surface area contributed by atoms with E-state index in [1.54, 1.807) is 0 Å². The van der Waals surface area contributed by atoms with Crippen LogP contribution in [0.25, 0.3) is 0 Å². The summed E-state index contributed by atoms with van der Waals surface area (Å²) in [5, 5.41) is 0. The fourth-order valence-electron chi connectivity index (χ4n) is 1.76. The zero-order chi connectivity index (χ0) is 10.7. The summed E-state index contributed by atoms with van der Waals surface area (Å²) >= 11 is 0. The number of nitrogens with zero attached hydrogens (tertiary/aromatic N) is 2. The molecule has 0 amide bonds. The van der Waals surface area contributed by atoms with Gasteiger partial charge in [0.25, 0.3) is 0 Å². The van der Waals surface area contributed by atoms with Gasteiger partial charge in [-0.3, -0.25) is 0 Å². The van der Waals surface area contributed by atoms with E-state index in [9.17, 15) is 0 Å². The van der Waals surface area contributed by atoms with E-state index in [2.05, 4.69) is 35.9 Å². The zero-order valence-electron chi connectivity index (χ0n) is 9.44. The van der Waals surface area contributed by atoms with Crippen molar-refractivity contribution in [3.05, 3.63) is 23.9 Å². The van der Waals surface area contributed by atoms with Gasteiger partial charge in [-0.25, -0.2) is 4.98 Å². The predicted octanol–water partition coefficient (Wildman–Crippen LogP) is 2.04. The molecular formula is C12H18N2O. The molecule has 3 nitrogen and oxygen atoms in total. The summed E-state index contributed by atoms with van der Waals surface area (Å²) in [4.78, 5) is 6.70. The van der Waals surface area contributed by atoms with Crippen LogP contribution in [0.4, 0.5) is 5.82 Å². The molecule has 1 aromatic heterocycles. The third-order valence-corrected chi connectivity index (χ3v) is 2.77. The molecule has 0 radical (unpaired) electrons. The van der Waals surface area contributed by atoms with Crippen molar-refractivity contribution in [3.63, 3.8) is 0 Å². The van der Waals surface area contributed by atoms with Crippen LogP contribution >= 0.6 is 0 Å². The molecule has 1 aliphatic heterocycles. The average Bonchev–Trinajstić information content (AvgIpc) is 2.30. The van der Waals surface area contributed by atoms with Crippen molar-refractivity contribution in [1.82, 2.24) is 4.98 Å². The van der Waals surface area contributed by atoms with Gasteiger partial charge in [-0.05, 0) is 23.6 Å². The Morgan fingerprint density at radius 2 is 2.07 bits per heavy atom. The van der Waals surface area contributed by atoms with Gasteiger partial charge in [0.1, 0.15) is 5.82 Å². The minimum atomic E-state index is 0.563. The maximum atomic E-state index is 5.33. The second-order valence-corrected chi connectivity index (χ2v) is 4.20. The maximum Gasteiger partial charge on any atom is 0.128 e. The molecule has 0 saturated carbocycles. The Morgan fingerprint density at radius 3 is 2.73 bits per heavy atom. The smallest absolute Gasteiger partial charge is 0.128 e. The van der Waals surface area contributed by atoms with E-state index in [1.807, 2.05) is 6.20 Å². The summed E-state index contributed by atoms with van der Waals surface area (Å²) in [5.74, 6) is 1.65. The highest BCUT2D eigenvalue weighted by atomic mass is 16.5. The van der Waals surface area contributed by atoms with Crippen LogP contribution in [0.1, 0.15) is 25.3 Å². The highest BCUT2D eigenvalue weighted by Crippen LogP contribution is 2.19. The monoisotopic (exact) mass is 206 g/mol. The molecule has 3 heteroatoms. The molecule has 0 aliphatic carbocycles. The molecule has 82 valence electrons. The summed E-state index contributed by atoms with van der Waals surface area (Å²) < 4.78 is 5.33. The van der Waals surface area contributed by atoms with Crippen LogP contribution in [-0.4, -0.2) is 31.3 Å². The Kier molecular flexibility index (Phi) is 3.21. The van der Waals surface area contributed by atoms with Gasteiger partial charge >= 0.3 is 0 Å². The summed E-state index contributed by atoms with van der Waals surface area (Å²) in [6.07, 6.45) is 1.90. The molecule has 0 bridgehead atoms. The van der Waals surface area contributed by atoms with Gasteiger partial charge in [0, 0.05) is 19.3 Å². The van der Waals surface area contributed by atoms with Crippen LogP contribution < -0.4 is 4.90 Å². The Bertz CT molecular complexity index is 319. The third kappa shape index (κ3) is 2.48. The van der Waals surface area contributed by atoms with Crippen LogP contribution in [0.5, 0.6) is 0 Å². The van der Waals surface area contributed by atoms with E-state index in [0.717, 1.165) is 32.1 Å². The lowest BCUT2D eigenvalue weighted by atomic mass is 10.1. The predicted molar refractivity (Wildman–Crippen MR) is 61.4 cm³/mol. The topological polar surface area (TPSA) is 25.4 Å². The Hall–Kier alpha value is -1.09. The van der Waals surface area contributed by atoms with Gasteiger partial charge in [-0.2, -0.15) is 0 Å². The van der Waals surface area contributed by atoms with Gasteiger partial charge in [-0.15, -0.1) is 0 Å². The molecule has 1 fully saturated rings. The van der Waals surface area contributed by atoms with E-state index in [-0.39, 0.29) is 0 Å². The lowest BCUT2D eigenvalue weighted by molar-refractivity contribution is 0.122. The number of ether oxygens (including phenoxy) is 1. The van der Waals surface area contributed by atoms with Crippen LogP contribution in [0, 0.1) is 0 Å². The first-order chi connectivity index (χ1) is 7.27. The highest BCUT2D eigenvalue weighted by molar-refractivity contribution is 5.42. The van der Waals surface area contributed by atoms with Crippen LogP contribution in [0.2, 0.25) is 0 Å². The van der Waals surface area contributed by atoms with E-state index < -0.39 is 0 Å². The fraction of sp³-hybridized carbons (Fsp3) is 0.583. The molecular weight excluding hydrogens is 188 g/mol. The number of aromatic nitrogens is 1. The Balaban J connectivity index is 2.16. The van der Waals surface area contributed by atoms with Crippen LogP contribution in [0.15, 0.2) is 18.3 Å². The molecule has 0 spiro atoms. The molecule has 2 rings (SSSR count). The van der Waals surface area contributed by atoms with Crippen molar-refractivity contribution in [2.75, 3.05) is 31.2 Å². The number of rotatable bonds is 2. The van der Waals surface area contributed by atoms with E-state index in [1.165, 1.54) is 5.56 Å². The van der Waals surface area contributed by atoms with E-state index in [0.29, 0.717) is 5.92 Å². The molecule has 0 N–H and O–H groups in total. The summed E-state index contributed by atoms with van der Waals surface area (Å²) in [7, 11) is 0. The van der Waals surface area contributed by atoms with Crippen molar-refractivity contribution in [2.45, 2.75) is 19.8 Å². The van der Waals surface area contributed by atoms with Gasteiger partial charge in [0.05, 0.1) is 13.2 Å². The average molecular weight is 206 g/mol. The van der Waals surface area contributed by atoms with Crippen molar-refractivity contribution >= 4 is 5.82 Å². The third-order valence-electron chi connectivity index (χ3n) is 2.77. The highest BCUT2D eigenvalue weighted by Gasteiger charge is 2.12.